The molecule has 0 bridgehead atoms. The minimum absolute atomic E-state index is 0.122. The fourth-order valence-electron chi connectivity index (χ4n) is 6.48. The summed E-state index contributed by atoms with van der Waals surface area (Å²) in [5, 5.41) is 8.84. The zero-order valence-corrected chi connectivity index (χ0v) is 27.5. The zero-order chi connectivity index (χ0) is 33.1. The maximum Gasteiger partial charge on any atom is 0.417 e. The number of aryl methyl sites for hydroxylation is 3. The number of ether oxygens (including phenoxy) is 3. The second kappa shape index (κ2) is 13.8. The van der Waals surface area contributed by atoms with Crippen LogP contribution >= 0.6 is 0 Å². The molecule has 2 amide bonds. The third-order valence-corrected chi connectivity index (χ3v) is 9.22. The van der Waals surface area contributed by atoms with Crippen LogP contribution < -0.4 is 4.74 Å². The average Bonchev–Trinajstić information content (AvgIpc) is 3.71. The number of carbonyl (C=O) groups excluding carboxylic acids is 2. The first-order valence-corrected chi connectivity index (χ1v) is 16.0. The first-order valence-electron chi connectivity index (χ1n) is 16.0. The molecular formula is C38H40N4O5. The minimum Gasteiger partial charge on any atom is -0.497 e. The van der Waals surface area contributed by atoms with Crippen molar-refractivity contribution in [3.63, 3.8) is 0 Å². The van der Waals surface area contributed by atoms with Gasteiger partial charge >= 0.3 is 6.09 Å². The molecule has 2 heterocycles. The van der Waals surface area contributed by atoms with Crippen molar-refractivity contribution in [1.29, 1.82) is 0 Å². The Labute approximate surface area is 275 Å². The minimum atomic E-state index is -0.621. The largest absolute Gasteiger partial charge is 0.497 e. The van der Waals surface area contributed by atoms with Crippen LogP contribution in [0.15, 0.2) is 84.9 Å². The van der Waals surface area contributed by atoms with Gasteiger partial charge in [-0.1, -0.05) is 78.9 Å². The summed E-state index contributed by atoms with van der Waals surface area (Å²) in [6, 6.07) is 27.2. The van der Waals surface area contributed by atoms with Gasteiger partial charge in [0.2, 0.25) is 5.91 Å². The highest BCUT2D eigenvalue weighted by Gasteiger charge is 2.43. The molecule has 4 aromatic carbocycles. The van der Waals surface area contributed by atoms with Gasteiger partial charge in [0.1, 0.15) is 23.9 Å². The normalized spacial score (nSPS) is 15.9. The van der Waals surface area contributed by atoms with Crippen molar-refractivity contribution in [3.8, 4) is 5.75 Å². The molecule has 0 radical (unpaired) electrons. The van der Waals surface area contributed by atoms with E-state index in [1.807, 2.05) is 86.1 Å². The lowest BCUT2D eigenvalue weighted by Gasteiger charge is -2.30. The Balaban J connectivity index is 1.36. The monoisotopic (exact) mass is 632 g/mol. The quantitative estimate of drug-likeness (QED) is 0.151. The second-order valence-electron chi connectivity index (χ2n) is 12.1. The number of methoxy groups -OCH3 is 1. The number of carbonyl (C=O) groups is 2. The number of imide groups is 1. The molecule has 0 saturated carbocycles. The molecule has 1 aliphatic heterocycles. The van der Waals surface area contributed by atoms with E-state index in [0.717, 1.165) is 55.7 Å². The number of hydrogen-bond donors (Lipinski definition) is 0. The van der Waals surface area contributed by atoms with E-state index in [-0.39, 0.29) is 18.4 Å². The molecule has 1 aromatic heterocycles. The van der Waals surface area contributed by atoms with Gasteiger partial charge in [0, 0.05) is 18.4 Å². The molecular weight excluding hydrogens is 592 g/mol. The Kier molecular flexibility index (Phi) is 9.36. The van der Waals surface area contributed by atoms with Gasteiger partial charge in [0.25, 0.3) is 0 Å². The summed E-state index contributed by atoms with van der Waals surface area (Å²) in [6.45, 7) is 9.69. The zero-order valence-electron chi connectivity index (χ0n) is 27.5. The topological polar surface area (TPSA) is 95.8 Å². The molecule has 9 nitrogen and oxygen atoms in total. The summed E-state index contributed by atoms with van der Waals surface area (Å²) in [4.78, 5) is 28.8. The van der Waals surface area contributed by atoms with Crippen molar-refractivity contribution < 1.29 is 23.8 Å². The summed E-state index contributed by atoms with van der Waals surface area (Å²) in [7, 11) is 1.65. The summed E-state index contributed by atoms with van der Waals surface area (Å²) in [5.41, 5.74) is 8.62. The van der Waals surface area contributed by atoms with Gasteiger partial charge in [0.15, 0.2) is 0 Å². The van der Waals surface area contributed by atoms with Crippen molar-refractivity contribution in [2.24, 2.45) is 5.92 Å². The molecule has 1 aliphatic rings. The smallest absolute Gasteiger partial charge is 0.417 e. The molecule has 1 saturated heterocycles. The Morgan fingerprint density at radius 2 is 1.77 bits per heavy atom. The number of hydrogen-bond acceptors (Lipinski definition) is 7. The molecule has 242 valence electrons. The average molecular weight is 633 g/mol. The summed E-state index contributed by atoms with van der Waals surface area (Å²) >= 11 is 0. The maximum absolute atomic E-state index is 14.4. The van der Waals surface area contributed by atoms with Gasteiger partial charge in [-0.2, -0.15) is 0 Å². The van der Waals surface area contributed by atoms with Crippen molar-refractivity contribution in [2.45, 2.75) is 59.4 Å². The Morgan fingerprint density at radius 1 is 1.00 bits per heavy atom. The first kappa shape index (κ1) is 31.9. The van der Waals surface area contributed by atoms with Crippen molar-refractivity contribution >= 4 is 23.0 Å². The van der Waals surface area contributed by atoms with E-state index in [2.05, 4.69) is 41.5 Å². The van der Waals surface area contributed by atoms with Crippen LogP contribution in [0.1, 0.15) is 64.8 Å². The van der Waals surface area contributed by atoms with Gasteiger partial charge in [-0.15, -0.1) is 5.10 Å². The molecule has 0 N–H and O–H groups in total. The number of fused-ring (bicyclic) bond motifs is 1. The van der Waals surface area contributed by atoms with Crippen LogP contribution in [0.5, 0.6) is 5.75 Å². The van der Waals surface area contributed by atoms with E-state index in [1.165, 1.54) is 4.90 Å². The lowest BCUT2D eigenvalue weighted by atomic mass is 9.78. The molecule has 5 aromatic rings. The number of amides is 2. The second-order valence-corrected chi connectivity index (χ2v) is 12.1. The predicted octanol–water partition coefficient (Wildman–Crippen LogP) is 7.28. The maximum atomic E-state index is 14.4. The van der Waals surface area contributed by atoms with Gasteiger partial charge in [-0.05, 0) is 77.9 Å². The highest BCUT2D eigenvalue weighted by atomic mass is 16.6. The lowest BCUT2D eigenvalue weighted by Crippen LogP contribution is -2.40. The third-order valence-electron chi connectivity index (χ3n) is 9.22. The van der Waals surface area contributed by atoms with Gasteiger partial charge in [-0.3, -0.25) is 4.79 Å². The lowest BCUT2D eigenvalue weighted by molar-refractivity contribution is -0.133. The predicted molar refractivity (Wildman–Crippen MR) is 179 cm³/mol. The number of cyclic esters (lactones) is 1. The van der Waals surface area contributed by atoms with E-state index in [9.17, 15) is 9.59 Å². The van der Waals surface area contributed by atoms with E-state index >= 15 is 0 Å². The number of nitrogens with zero attached hydrogens (tertiary/aromatic N) is 4. The van der Waals surface area contributed by atoms with Gasteiger partial charge in [0.05, 0.1) is 25.8 Å². The van der Waals surface area contributed by atoms with Crippen molar-refractivity contribution in [3.05, 3.63) is 124 Å². The molecule has 3 atom stereocenters. The van der Waals surface area contributed by atoms with Crippen LogP contribution in [0.4, 0.5) is 4.79 Å². The molecule has 0 aliphatic carbocycles. The van der Waals surface area contributed by atoms with E-state index < -0.39 is 18.1 Å². The third kappa shape index (κ3) is 6.36. The van der Waals surface area contributed by atoms with Crippen LogP contribution in [-0.2, 0) is 34.0 Å². The SMILES string of the molecule is CCn1nnc2c(C)c([C@H](c3ccc(C)c(COCc4ccc(OC)cc4)c3)[C@@H](C)C(=O)N3C(=O)OC[C@H]3c3ccccc3)ccc21. The van der Waals surface area contributed by atoms with Crippen LogP contribution in [0.25, 0.3) is 11.0 Å². The Bertz CT molecular complexity index is 1890. The highest BCUT2D eigenvalue weighted by Crippen LogP contribution is 2.40. The molecule has 9 heteroatoms. The highest BCUT2D eigenvalue weighted by molar-refractivity contribution is 5.95. The van der Waals surface area contributed by atoms with Crippen LogP contribution in [0, 0.1) is 19.8 Å². The number of rotatable bonds is 11. The van der Waals surface area contributed by atoms with Crippen molar-refractivity contribution in [1.82, 2.24) is 19.9 Å². The number of aromatic nitrogens is 3. The standard InChI is InChI=1S/C38H40N4O5/c1-6-41-33-19-18-32(25(3)36(33)39-40-41)35(26(4)37(43)42-34(23-47-38(42)44)28-10-8-7-9-11-28)29-15-12-24(2)30(20-29)22-46-21-27-13-16-31(45-5)17-14-27/h7-20,26,34-35H,6,21-23H2,1-5H3/t26-,34+,35+/m1/s1. The molecule has 0 spiro atoms. The summed E-state index contributed by atoms with van der Waals surface area (Å²) < 4.78 is 18.7. The van der Waals surface area contributed by atoms with Gasteiger partial charge in [-0.25, -0.2) is 14.4 Å². The van der Waals surface area contributed by atoms with Crippen LogP contribution in [0.3, 0.4) is 0 Å². The molecule has 47 heavy (non-hydrogen) atoms. The Hall–Kier alpha value is -5.02. The summed E-state index contributed by atoms with van der Waals surface area (Å²) in [5.74, 6) is -0.486. The van der Waals surface area contributed by atoms with Gasteiger partial charge < -0.3 is 14.2 Å². The number of benzene rings is 4. The van der Waals surface area contributed by atoms with Crippen LogP contribution in [0.2, 0.25) is 0 Å². The van der Waals surface area contributed by atoms with E-state index in [4.69, 9.17) is 14.2 Å². The van der Waals surface area contributed by atoms with Crippen molar-refractivity contribution in [2.75, 3.05) is 13.7 Å². The molecule has 0 unspecified atom stereocenters. The first-order chi connectivity index (χ1) is 22.8. The summed E-state index contributed by atoms with van der Waals surface area (Å²) in [6.07, 6.45) is -0.621. The van der Waals surface area contributed by atoms with E-state index in [1.54, 1.807) is 7.11 Å². The van der Waals surface area contributed by atoms with Crippen LogP contribution in [-0.4, -0.2) is 45.6 Å². The Morgan fingerprint density at radius 3 is 2.49 bits per heavy atom. The fraction of sp³-hybridized carbons (Fsp3) is 0.316. The fourth-order valence-corrected chi connectivity index (χ4v) is 6.48. The molecule has 1 fully saturated rings. The molecule has 6 rings (SSSR count). The van der Waals surface area contributed by atoms with E-state index in [0.29, 0.717) is 19.8 Å².